The molecule has 2 aromatic heterocycles. The average Bonchev–Trinajstić information content (AvgIpc) is 3.47. The molecule has 186 valence electrons. The first-order chi connectivity index (χ1) is 17.5. The number of thioether (sulfide) groups is 1. The van der Waals surface area contributed by atoms with Gasteiger partial charge >= 0.3 is 5.97 Å². The summed E-state index contributed by atoms with van der Waals surface area (Å²) in [5, 5.41) is 14.4. The van der Waals surface area contributed by atoms with Crippen LogP contribution in [0.1, 0.15) is 28.7 Å². The minimum absolute atomic E-state index is 0.120. The number of hydrogen-bond donors (Lipinski definition) is 1. The maximum Gasteiger partial charge on any atom is 0.341 e. The molecule has 1 amide bonds. The minimum atomic E-state index is -0.461. The smallest absolute Gasteiger partial charge is 0.341 e. The number of nitrogens with one attached hydrogen (secondary N) is 1. The third kappa shape index (κ3) is 5.95. The van der Waals surface area contributed by atoms with Crippen molar-refractivity contribution in [3.8, 4) is 16.9 Å². The first-order valence-corrected chi connectivity index (χ1v) is 13.1. The highest BCUT2D eigenvalue weighted by atomic mass is 32.2. The number of esters is 1. The fourth-order valence-corrected chi connectivity index (χ4v) is 5.23. The molecule has 0 atom stereocenters. The lowest BCUT2D eigenvalue weighted by atomic mass is 10.0. The van der Waals surface area contributed by atoms with E-state index in [-0.39, 0.29) is 18.3 Å². The number of anilines is 1. The molecule has 4 aromatic rings. The summed E-state index contributed by atoms with van der Waals surface area (Å²) in [4.78, 5) is 25.5. The molecule has 0 bridgehead atoms. The third-order valence-electron chi connectivity index (χ3n) is 5.39. The number of amides is 1. The van der Waals surface area contributed by atoms with Crippen molar-refractivity contribution in [2.24, 2.45) is 7.05 Å². The van der Waals surface area contributed by atoms with E-state index < -0.39 is 5.97 Å². The Hall–Kier alpha value is -3.63. The summed E-state index contributed by atoms with van der Waals surface area (Å²) < 4.78 is 12.3. The molecule has 10 heteroatoms. The van der Waals surface area contributed by atoms with Gasteiger partial charge in [-0.2, -0.15) is 0 Å². The highest BCUT2D eigenvalue weighted by Crippen LogP contribution is 2.36. The van der Waals surface area contributed by atoms with Gasteiger partial charge in [0.05, 0.1) is 19.5 Å². The fourth-order valence-electron chi connectivity index (χ4n) is 3.53. The van der Waals surface area contributed by atoms with Crippen molar-refractivity contribution in [3.05, 3.63) is 76.9 Å². The predicted molar refractivity (Wildman–Crippen MR) is 142 cm³/mol. The molecule has 8 nitrogen and oxygen atoms in total. The number of nitrogens with zero attached hydrogens (tertiary/aromatic N) is 3. The molecule has 0 aliphatic carbocycles. The molecule has 2 aromatic carbocycles. The van der Waals surface area contributed by atoms with Crippen LogP contribution in [0, 0.1) is 0 Å². The summed E-state index contributed by atoms with van der Waals surface area (Å²) in [6.45, 7) is 2.00. The van der Waals surface area contributed by atoms with Crippen LogP contribution in [0.2, 0.25) is 0 Å². The number of carbonyl (C=O) groups excluding carboxylic acids is 2. The Labute approximate surface area is 217 Å². The van der Waals surface area contributed by atoms with Gasteiger partial charge in [0, 0.05) is 24.4 Å². The van der Waals surface area contributed by atoms with E-state index in [4.69, 9.17) is 9.47 Å². The molecule has 0 aliphatic rings. The summed E-state index contributed by atoms with van der Waals surface area (Å²) >= 11 is 2.59. The van der Waals surface area contributed by atoms with E-state index in [1.54, 1.807) is 14.0 Å². The van der Waals surface area contributed by atoms with Crippen molar-refractivity contribution in [3.63, 3.8) is 0 Å². The van der Waals surface area contributed by atoms with Crippen LogP contribution in [0.3, 0.4) is 0 Å². The maximum atomic E-state index is 12.8. The van der Waals surface area contributed by atoms with Crippen molar-refractivity contribution in [2.45, 2.75) is 18.5 Å². The van der Waals surface area contributed by atoms with E-state index in [0.717, 1.165) is 28.3 Å². The molecule has 0 unspecified atom stereocenters. The van der Waals surface area contributed by atoms with Gasteiger partial charge in [0.2, 0.25) is 5.91 Å². The van der Waals surface area contributed by atoms with E-state index in [1.165, 1.54) is 23.1 Å². The number of ether oxygens (including phenoxy) is 2. The average molecular weight is 523 g/mol. The van der Waals surface area contributed by atoms with E-state index in [0.29, 0.717) is 22.1 Å². The number of hydrogen-bond acceptors (Lipinski definition) is 8. The number of thiophene rings is 1. The van der Waals surface area contributed by atoms with Gasteiger partial charge in [0.15, 0.2) is 5.16 Å². The van der Waals surface area contributed by atoms with Crippen LogP contribution in [-0.2, 0) is 23.0 Å². The Morgan fingerprint density at radius 1 is 1.08 bits per heavy atom. The largest absolute Gasteiger partial charge is 0.497 e. The predicted octanol–water partition coefficient (Wildman–Crippen LogP) is 5.05. The molecule has 1 N–H and O–H groups in total. The van der Waals surface area contributed by atoms with Gasteiger partial charge < -0.3 is 19.4 Å². The van der Waals surface area contributed by atoms with Crippen LogP contribution >= 0.6 is 23.1 Å². The summed E-state index contributed by atoms with van der Waals surface area (Å²) in [6.07, 6.45) is 0.612. The number of benzene rings is 2. The second-order valence-corrected chi connectivity index (χ2v) is 9.58. The van der Waals surface area contributed by atoms with Gasteiger partial charge in [0.1, 0.15) is 22.1 Å². The minimum Gasteiger partial charge on any atom is -0.497 e. The highest BCUT2D eigenvalue weighted by Gasteiger charge is 2.23. The zero-order chi connectivity index (χ0) is 25.5. The number of rotatable bonds is 10. The molecular weight excluding hydrogens is 496 g/mol. The molecule has 36 heavy (non-hydrogen) atoms. The zero-order valence-corrected chi connectivity index (χ0v) is 21.8. The summed E-state index contributed by atoms with van der Waals surface area (Å²) in [7, 11) is 3.51. The highest BCUT2D eigenvalue weighted by molar-refractivity contribution is 7.99. The van der Waals surface area contributed by atoms with Gasteiger partial charge in [-0.15, -0.1) is 21.5 Å². The molecule has 0 saturated heterocycles. The van der Waals surface area contributed by atoms with Gasteiger partial charge in [-0.1, -0.05) is 54.2 Å². The van der Waals surface area contributed by atoms with Crippen LogP contribution in [-0.4, -0.2) is 46.1 Å². The number of methoxy groups -OCH3 is 1. The van der Waals surface area contributed by atoms with Crippen LogP contribution in [0.5, 0.6) is 5.75 Å². The topological polar surface area (TPSA) is 95.3 Å². The lowest BCUT2D eigenvalue weighted by molar-refractivity contribution is -0.113. The molecular formula is C26H26N4O4S2. The SMILES string of the molecule is CCOC(=O)c1c(-c2ccccc2)csc1NC(=O)CSc1nnc(Cc2ccc(OC)cc2)n1C. The lowest BCUT2D eigenvalue weighted by Gasteiger charge is -2.09. The lowest BCUT2D eigenvalue weighted by Crippen LogP contribution is -2.16. The van der Waals surface area contributed by atoms with Crippen molar-refractivity contribution in [1.82, 2.24) is 14.8 Å². The Morgan fingerprint density at radius 3 is 2.53 bits per heavy atom. The van der Waals surface area contributed by atoms with E-state index in [2.05, 4.69) is 15.5 Å². The van der Waals surface area contributed by atoms with Gasteiger partial charge in [-0.05, 0) is 30.2 Å². The summed E-state index contributed by atoms with van der Waals surface area (Å²) in [6, 6.07) is 17.3. The second kappa shape index (κ2) is 11.9. The van der Waals surface area contributed by atoms with Crippen LogP contribution in [0.15, 0.2) is 65.1 Å². The van der Waals surface area contributed by atoms with Gasteiger partial charge in [-0.25, -0.2) is 4.79 Å². The quantitative estimate of drug-likeness (QED) is 0.230. The first-order valence-electron chi connectivity index (χ1n) is 11.3. The molecule has 4 rings (SSSR count). The maximum absolute atomic E-state index is 12.8. The van der Waals surface area contributed by atoms with Crippen LogP contribution < -0.4 is 10.1 Å². The third-order valence-corrected chi connectivity index (χ3v) is 7.30. The summed E-state index contributed by atoms with van der Waals surface area (Å²) in [5.41, 5.74) is 3.07. The first kappa shape index (κ1) is 25.5. The van der Waals surface area contributed by atoms with Gasteiger partial charge in [-0.3, -0.25) is 4.79 Å². The normalized spacial score (nSPS) is 10.8. The monoisotopic (exact) mass is 522 g/mol. The number of carbonyl (C=O) groups is 2. The molecule has 0 aliphatic heterocycles. The van der Waals surface area contributed by atoms with Crippen molar-refractivity contribution in [2.75, 3.05) is 24.8 Å². The molecule has 0 saturated carbocycles. The zero-order valence-electron chi connectivity index (χ0n) is 20.2. The summed E-state index contributed by atoms with van der Waals surface area (Å²) in [5.74, 6) is 1.00. The Balaban J connectivity index is 1.42. The molecule has 0 radical (unpaired) electrons. The Kier molecular flexibility index (Phi) is 8.40. The van der Waals surface area contributed by atoms with Crippen molar-refractivity contribution >= 4 is 40.0 Å². The standard InChI is InChI=1S/C26H26N4O4S2/c1-4-34-25(32)23-20(18-8-6-5-7-9-18)15-35-24(23)27-22(31)16-36-26-29-28-21(30(26)2)14-17-10-12-19(33-3)13-11-17/h5-13,15H,4,14,16H2,1-3H3,(H,27,31). The second-order valence-electron chi connectivity index (χ2n) is 7.76. The van der Waals surface area contributed by atoms with Crippen molar-refractivity contribution in [1.29, 1.82) is 0 Å². The number of aromatic nitrogens is 3. The molecule has 2 heterocycles. The van der Waals surface area contributed by atoms with Crippen molar-refractivity contribution < 1.29 is 19.1 Å². The Morgan fingerprint density at radius 2 is 1.83 bits per heavy atom. The van der Waals surface area contributed by atoms with Gasteiger partial charge in [0.25, 0.3) is 0 Å². The molecule has 0 fully saturated rings. The fraction of sp³-hybridized carbons (Fsp3) is 0.231. The van der Waals surface area contributed by atoms with E-state index in [1.807, 2.05) is 71.6 Å². The molecule has 0 spiro atoms. The van der Waals surface area contributed by atoms with E-state index in [9.17, 15) is 9.59 Å². The Bertz CT molecular complexity index is 1330. The van der Waals surface area contributed by atoms with Crippen LogP contribution in [0.25, 0.3) is 11.1 Å². The van der Waals surface area contributed by atoms with Crippen LogP contribution in [0.4, 0.5) is 5.00 Å². The van der Waals surface area contributed by atoms with E-state index >= 15 is 0 Å².